The zero-order valence-corrected chi connectivity index (χ0v) is 9.00. The summed E-state index contributed by atoms with van der Waals surface area (Å²) >= 11 is 0. The largest absolute Gasteiger partial charge is 0.467 e. The molecule has 2 aromatic heterocycles. The molecule has 6 nitrogen and oxygen atoms in total. The minimum atomic E-state index is -0.658. The van der Waals surface area contributed by atoms with E-state index in [1.165, 1.54) is 13.4 Å². The molecule has 0 saturated carbocycles. The first-order valence-corrected chi connectivity index (χ1v) is 4.76. The van der Waals surface area contributed by atoms with Gasteiger partial charge in [-0.3, -0.25) is 0 Å². The van der Waals surface area contributed by atoms with E-state index in [2.05, 4.69) is 20.2 Å². The number of furan rings is 1. The van der Waals surface area contributed by atoms with Gasteiger partial charge in [0.05, 0.1) is 19.6 Å². The van der Waals surface area contributed by atoms with Crippen LogP contribution in [0.4, 0.5) is 10.2 Å². The highest BCUT2D eigenvalue weighted by Gasteiger charge is 2.05. The van der Waals surface area contributed by atoms with Crippen LogP contribution in [0.5, 0.6) is 6.01 Å². The molecule has 0 aliphatic rings. The monoisotopic (exact) mass is 236 g/mol. The Kier molecular flexibility index (Phi) is 3.39. The van der Waals surface area contributed by atoms with Gasteiger partial charge in [-0.25, -0.2) is 9.37 Å². The lowest BCUT2D eigenvalue weighted by Gasteiger charge is -1.98. The first-order chi connectivity index (χ1) is 8.29. The molecule has 0 saturated heterocycles. The molecular weight excluding hydrogens is 227 g/mol. The molecule has 17 heavy (non-hydrogen) atoms. The second kappa shape index (κ2) is 5.15. The first kappa shape index (κ1) is 11.2. The van der Waals surface area contributed by atoms with Crippen molar-refractivity contribution >= 4 is 5.82 Å². The molecule has 88 valence electrons. The van der Waals surface area contributed by atoms with E-state index in [0.717, 1.165) is 6.20 Å². The second-order valence-corrected chi connectivity index (χ2v) is 3.01. The molecule has 0 aliphatic carbocycles. The zero-order chi connectivity index (χ0) is 12.1. The molecule has 0 amide bonds. The molecular formula is C10H9FN4O2. The molecule has 0 spiro atoms. The number of nitrogens with zero attached hydrogens (tertiary/aromatic N) is 4. The van der Waals surface area contributed by atoms with Crippen molar-refractivity contribution in [3.8, 4) is 6.01 Å². The Balaban J connectivity index is 2.09. The van der Waals surface area contributed by atoms with Crippen molar-refractivity contribution in [2.45, 2.75) is 6.54 Å². The summed E-state index contributed by atoms with van der Waals surface area (Å²) in [5, 5.41) is 7.41. The van der Waals surface area contributed by atoms with Crippen molar-refractivity contribution < 1.29 is 13.5 Å². The van der Waals surface area contributed by atoms with Crippen LogP contribution in [-0.2, 0) is 6.54 Å². The lowest BCUT2D eigenvalue weighted by atomic mass is 10.5. The molecule has 7 heteroatoms. The Labute approximate surface area is 96.2 Å². The smallest absolute Gasteiger partial charge is 0.318 e. The van der Waals surface area contributed by atoms with Gasteiger partial charge in [0.1, 0.15) is 12.3 Å². The number of methoxy groups -OCH3 is 1. The fourth-order valence-electron chi connectivity index (χ4n) is 1.09. The molecule has 0 atom stereocenters. The second-order valence-electron chi connectivity index (χ2n) is 3.01. The van der Waals surface area contributed by atoms with Crippen LogP contribution >= 0.6 is 0 Å². The molecule has 0 unspecified atom stereocenters. The van der Waals surface area contributed by atoms with Crippen LogP contribution in [0.3, 0.4) is 0 Å². The van der Waals surface area contributed by atoms with Gasteiger partial charge in [-0.2, -0.15) is 10.1 Å². The third-order valence-corrected chi connectivity index (χ3v) is 1.86. The molecule has 0 radical (unpaired) electrons. The minimum absolute atomic E-state index is 0.0401. The van der Waals surface area contributed by atoms with E-state index in [1.807, 2.05) is 0 Å². The van der Waals surface area contributed by atoms with Crippen LogP contribution in [-0.4, -0.2) is 17.1 Å². The molecule has 2 heterocycles. The minimum Gasteiger partial charge on any atom is -0.467 e. The first-order valence-electron chi connectivity index (χ1n) is 4.76. The number of hydrogen-bond donors (Lipinski definition) is 0. The average molecular weight is 236 g/mol. The van der Waals surface area contributed by atoms with Crippen molar-refractivity contribution in [1.29, 1.82) is 0 Å². The topological polar surface area (TPSA) is 72.9 Å². The van der Waals surface area contributed by atoms with Gasteiger partial charge in [-0.05, 0) is 12.1 Å². The van der Waals surface area contributed by atoms with Gasteiger partial charge in [0.15, 0.2) is 5.82 Å². The number of hydrogen-bond acceptors (Lipinski definition) is 6. The van der Waals surface area contributed by atoms with Crippen LogP contribution in [0, 0.1) is 5.82 Å². The summed E-state index contributed by atoms with van der Waals surface area (Å²) in [7, 11) is 1.39. The van der Waals surface area contributed by atoms with Gasteiger partial charge in [0.2, 0.25) is 5.82 Å². The van der Waals surface area contributed by atoms with Crippen LogP contribution in [0.2, 0.25) is 0 Å². The lowest BCUT2D eigenvalue weighted by Crippen LogP contribution is -1.92. The van der Waals surface area contributed by atoms with Crippen molar-refractivity contribution in [2.24, 2.45) is 10.2 Å². The van der Waals surface area contributed by atoms with Gasteiger partial charge in [0, 0.05) is 0 Å². The number of rotatable bonds is 4. The molecule has 2 aromatic rings. The summed E-state index contributed by atoms with van der Waals surface area (Å²) in [5.41, 5.74) is 0. The van der Waals surface area contributed by atoms with E-state index in [9.17, 15) is 4.39 Å². The van der Waals surface area contributed by atoms with E-state index >= 15 is 0 Å². The molecule has 0 N–H and O–H groups in total. The highest BCUT2D eigenvalue weighted by atomic mass is 19.1. The fraction of sp³-hybridized carbons (Fsp3) is 0.200. The summed E-state index contributed by atoms with van der Waals surface area (Å²) in [4.78, 5) is 7.30. The highest BCUT2D eigenvalue weighted by Crippen LogP contribution is 2.17. The summed E-state index contributed by atoms with van der Waals surface area (Å²) < 4.78 is 23.0. The molecule has 0 aromatic carbocycles. The molecule has 0 bridgehead atoms. The van der Waals surface area contributed by atoms with Gasteiger partial charge >= 0.3 is 6.01 Å². The summed E-state index contributed by atoms with van der Waals surface area (Å²) in [6.45, 7) is 0.221. The van der Waals surface area contributed by atoms with E-state index in [4.69, 9.17) is 9.15 Å². The zero-order valence-electron chi connectivity index (χ0n) is 9.00. The predicted molar refractivity (Wildman–Crippen MR) is 55.5 cm³/mol. The Morgan fingerprint density at radius 2 is 2.41 bits per heavy atom. The highest BCUT2D eigenvalue weighted by molar-refractivity contribution is 5.27. The quantitative estimate of drug-likeness (QED) is 0.764. The maximum absolute atomic E-state index is 13.2. The lowest BCUT2D eigenvalue weighted by molar-refractivity contribution is 0.377. The third kappa shape index (κ3) is 2.83. The molecule has 0 aliphatic heterocycles. The van der Waals surface area contributed by atoms with Crippen molar-refractivity contribution in [1.82, 2.24) is 9.97 Å². The Morgan fingerprint density at radius 1 is 1.53 bits per heavy atom. The van der Waals surface area contributed by atoms with Gasteiger partial charge < -0.3 is 9.15 Å². The number of azo groups is 1. The van der Waals surface area contributed by atoms with Gasteiger partial charge in [0.25, 0.3) is 0 Å². The maximum Gasteiger partial charge on any atom is 0.318 e. The van der Waals surface area contributed by atoms with Gasteiger partial charge in [-0.15, -0.1) is 5.11 Å². The Morgan fingerprint density at radius 3 is 3.12 bits per heavy atom. The van der Waals surface area contributed by atoms with E-state index < -0.39 is 5.82 Å². The van der Waals surface area contributed by atoms with Crippen LogP contribution in [0.1, 0.15) is 5.76 Å². The third-order valence-electron chi connectivity index (χ3n) is 1.86. The fourth-order valence-corrected chi connectivity index (χ4v) is 1.09. The van der Waals surface area contributed by atoms with Gasteiger partial charge in [-0.1, -0.05) is 0 Å². The van der Waals surface area contributed by atoms with Crippen molar-refractivity contribution in [2.75, 3.05) is 7.11 Å². The Hall–Kier alpha value is -2.31. The standard InChI is InChI=1S/C10H9FN4O2/c1-16-10-12-6-8(11)9(14-10)15-13-5-7-3-2-4-17-7/h2-4,6H,5H2,1H3. The van der Waals surface area contributed by atoms with Crippen LogP contribution in [0.15, 0.2) is 39.2 Å². The van der Waals surface area contributed by atoms with Crippen LogP contribution < -0.4 is 4.74 Å². The molecule has 0 fully saturated rings. The van der Waals surface area contributed by atoms with E-state index in [0.29, 0.717) is 5.76 Å². The van der Waals surface area contributed by atoms with E-state index in [1.54, 1.807) is 12.1 Å². The maximum atomic E-state index is 13.2. The Bertz CT molecular complexity index is 513. The number of halogens is 1. The van der Waals surface area contributed by atoms with Crippen LogP contribution in [0.25, 0.3) is 0 Å². The van der Waals surface area contributed by atoms with E-state index in [-0.39, 0.29) is 18.4 Å². The normalized spacial score (nSPS) is 10.9. The molecule has 2 rings (SSSR count). The number of aromatic nitrogens is 2. The van der Waals surface area contributed by atoms with Crippen molar-refractivity contribution in [3.05, 3.63) is 36.2 Å². The van der Waals surface area contributed by atoms with Crippen molar-refractivity contribution in [3.63, 3.8) is 0 Å². The number of ether oxygens (including phenoxy) is 1. The summed E-state index contributed by atoms with van der Waals surface area (Å²) in [6.07, 6.45) is 2.51. The summed E-state index contributed by atoms with van der Waals surface area (Å²) in [6, 6.07) is 3.52. The predicted octanol–water partition coefficient (Wildman–Crippen LogP) is 2.50. The SMILES string of the molecule is COc1ncc(F)c(N=NCc2ccco2)n1. The average Bonchev–Trinajstić information content (AvgIpc) is 2.84. The summed E-state index contributed by atoms with van der Waals surface area (Å²) in [5.74, 6) is -0.187.